The van der Waals surface area contributed by atoms with E-state index in [0.717, 1.165) is 16.9 Å². The molecule has 4 aromatic rings. The second kappa shape index (κ2) is 9.29. The number of furan rings is 1. The van der Waals surface area contributed by atoms with E-state index in [0.29, 0.717) is 28.0 Å². The van der Waals surface area contributed by atoms with Gasteiger partial charge in [-0.3, -0.25) is 9.48 Å². The topological polar surface area (TPSA) is 69.3 Å². The third kappa shape index (κ3) is 5.10. The maximum atomic E-state index is 12.5. The van der Waals surface area contributed by atoms with E-state index in [4.69, 9.17) is 32.4 Å². The Morgan fingerprint density at radius 1 is 1.10 bits per heavy atom. The van der Waals surface area contributed by atoms with Crippen LogP contribution in [0.1, 0.15) is 27.4 Å². The number of rotatable bonds is 7. The van der Waals surface area contributed by atoms with Crippen molar-refractivity contribution in [3.63, 3.8) is 0 Å². The number of hydrogen-bond acceptors (Lipinski definition) is 4. The zero-order valence-electron chi connectivity index (χ0n) is 16.6. The summed E-state index contributed by atoms with van der Waals surface area (Å²) < 4.78 is 13.0. The molecule has 0 atom stereocenters. The van der Waals surface area contributed by atoms with E-state index in [1.807, 2.05) is 31.2 Å². The third-order valence-corrected chi connectivity index (χ3v) is 5.33. The van der Waals surface area contributed by atoms with Gasteiger partial charge in [0.2, 0.25) is 0 Å². The molecule has 8 heteroatoms. The van der Waals surface area contributed by atoms with Gasteiger partial charge >= 0.3 is 0 Å². The standard InChI is InChI=1S/C23H19Cl2N3O3/c1-15-5-2-3-8-21(15)30-14-17-9-10-22(31-17)23(29)27-16-11-26-28(12-16)13-18-19(24)6-4-7-20(18)25/h2-12H,13-14H2,1H3,(H,27,29). The summed E-state index contributed by atoms with van der Waals surface area (Å²) in [6.07, 6.45) is 3.25. The van der Waals surface area contributed by atoms with Gasteiger partial charge in [0.15, 0.2) is 5.76 Å². The number of carbonyl (C=O) groups excluding carboxylic acids is 1. The van der Waals surface area contributed by atoms with Crippen molar-refractivity contribution < 1.29 is 13.9 Å². The summed E-state index contributed by atoms with van der Waals surface area (Å²) >= 11 is 12.4. The van der Waals surface area contributed by atoms with E-state index < -0.39 is 0 Å². The summed E-state index contributed by atoms with van der Waals surface area (Å²) in [7, 11) is 0. The Bertz CT molecular complexity index is 1200. The van der Waals surface area contributed by atoms with Crippen LogP contribution < -0.4 is 10.1 Å². The molecule has 0 aliphatic carbocycles. The molecule has 2 heterocycles. The molecule has 0 bridgehead atoms. The molecular weight excluding hydrogens is 437 g/mol. The average Bonchev–Trinajstić information content (AvgIpc) is 3.40. The summed E-state index contributed by atoms with van der Waals surface area (Å²) in [6.45, 7) is 2.58. The number of hydrogen-bond donors (Lipinski definition) is 1. The third-order valence-electron chi connectivity index (χ3n) is 4.62. The predicted octanol–water partition coefficient (Wildman–Crippen LogP) is 5.97. The molecule has 0 radical (unpaired) electrons. The lowest BCUT2D eigenvalue weighted by Gasteiger charge is -2.07. The van der Waals surface area contributed by atoms with E-state index in [1.165, 1.54) is 0 Å². The number of benzene rings is 2. The Hall–Kier alpha value is -3.22. The monoisotopic (exact) mass is 455 g/mol. The SMILES string of the molecule is Cc1ccccc1OCc1ccc(C(=O)Nc2cnn(Cc3c(Cl)cccc3Cl)c2)o1. The highest BCUT2D eigenvalue weighted by molar-refractivity contribution is 6.35. The zero-order chi connectivity index (χ0) is 21.8. The van der Waals surface area contributed by atoms with E-state index >= 15 is 0 Å². The summed E-state index contributed by atoms with van der Waals surface area (Å²) in [4.78, 5) is 12.5. The smallest absolute Gasteiger partial charge is 0.291 e. The highest BCUT2D eigenvalue weighted by Gasteiger charge is 2.14. The van der Waals surface area contributed by atoms with E-state index in [9.17, 15) is 4.79 Å². The number of halogens is 2. The van der Waals surface area contributed by atoms with Crippen molar-refractivity contribution in [3.8, 4) is 5.75 Å². The molecule has 0 spiro atoms. The van der Waals surface area contributed by atoms with E-state index in [1.54, 1.807) is 47.4 Å². The summed E-state index contributed by atoms with van der Waals surface area (Å²) in [5, 5.41) is 8.14. The number of nitrogens with one attached hydrogen (secondary N) is 1. The second-order valence-electron chi connectivity index (χ2n) is 6.90. The first kappa shape index (κ1) is 21.0. The Morgan fingerprint density at radius 2 is 1.87 bits per heavy atom. The molecule has 31 heavy (non-hydrogen) atoms. The predicted molar refractivity (Wildman–Crippen MR) is 120 cm³/mol. The van der Waals surface area contributed by atoms with Gasteiger partial charge in [0.1, 0.15) is 18.1 Å². The molecule has 4 rings (SSSR count). The molecule has 2 aromatic carbocycles. The van der Waals surface area contributed by atoms with Gasteiger partial charge in [0.05, 0.1) is 18.4 Å². The quantitative estimate of drug-likeness (QED) is 0.372. The molecule has 6 nitrogen and oxygen atoms in total. The Morgan fingerprint density at radius 3 is 2.65 bits per heavy atom. The average molecular weight is 456 g/mol. The fourth-order valence-electron chi connectivity index (χ4n) is 3.00. The van der Waals surface area contributed by atoms with Gasteiger partial charge in [-0.2, -0.15) is 5.10 Å². The van der Waals surface area contributed by atoms with Crippen LogP contribution in [0.3, 0.4) is 0 Å². The molecule has 0 aliphatic heterocycles. The van der Waals surface area contributed by atoms with Crippen LogP contribution in [0.4, 0.5) is 5.69 Å². The highest BCUT2D eigenvalue weighted by Crippen LogP contribution is 2.25. The summed E-state index contributed by atoms with van der Waals surface area (Å²) in [5.41, 5.74) is 2.32. The van der Waals surface area contributed by atoms with Gasteiger partial charge in [-0.05, 0) is 42.8 Å². The molecule has 0 aliphatic rings. The molecule has 1 amide bonds. The number of carbonyl (C=O) groups is 1. The Balaban J connectivity index is 1.36. The van der Waals surface area contributed by atoms with Crippen molar-refractivity contribution in [2.45, 2.75) is 20.1 Å². The molecular formula is C23H19Cl2N3O3. The van der Waals surface area contributed by atoms with Crippen LogP contribution in [0, 0.1) is 6.92 Å². The van der Waals surface area contributed by atoms with Gasteiger partial charge < -0.3 is 14.5 Å². The minimum Gasteiger partial charge on any atom is -0.485 e. The lowest BCUT2D eigenvalue weighted by atomic mass is 10.2. The van der Waals surface area contributed by atoms with Crippen molar-refractivity contribution in [3.05, 3.63) is 99.7 Å². The van der Waals surface area contributed by atoms with Crippen molar-refractivity contribution in [2.24, 2.45) is 0 Å². The number of ether oxygens (including phenoxy) is 1. The van der Waals surface area contributed by atoms with Gasteiger partial charge in [-0.25, -0.2) is 0 Å². The molecule has 0 fully saturated rings. The molecule has 0 saturated carbocycles. The fraction of sp³-hybridized carbons (Fsp3) is 0.130. The molecule has 0 saturated heterocycles. The minimum absolute atomic E-state index is 0.185. The van der Waals surface area contributed by atoms with Crippen LogP contribution in [0.2, 0.25) is 10.0 Å². The molecule has 2 aromatic heterocycles. The van der Waals surface area contributed by atoms with Gasteiger partial charge in [-0.15, -0.1) is 0 Å². The van der Waals surface area contributed by atoms with Gasteiger partial charge in [0, 0.05) is 21.8 Å². The van der Waals surface area contributed by atoms with Gasteiger partial charge in [-0.1, -0.05) is 47.5 Å². The second-order valence-corrected chi connectivity index (χ2v) is 7.72. The number of aromatic nitrogens is 2. The first-order valence-corrected chi connectivity index (χ1v) is 10.3. The number of para-hydroxylation sites is 1. The Labute approximate surface area is 189 Å². The number of nitrogens with zero attached hydrogens (tertiary/aromatic N) is 2. The number of aryl methyl sites for hydroxylation is 1. The number of anilines is 1. The van der Waals surface area contributed by atoms with Crippen LogP contribution in [-0.2, 0) is 13.2 Å². The molecule has 0 unspecified atom stereocenters. The first-order valence-electron chi connectivity index (χ1n) is 9.53. The van der Waals surface area contributed by atoms with Crippen molar-refractivity contribution in [2.75, 3.05) is 5.32 Å². The number of amides is 1. The van der Waals surface area contributed by atoms with Crippen LogP contribution in [-0.4, -0.2) is 15.7 Å². The maximum absolute atomic E-state index is 12.5. The summed E-state index contributed by atoms with van der Waals surface area (Å²) in [5.74, 6) is 1.14. The lowest BCUT2D eigenvalue weighted by molar-refractivity contribution is 0.0992. The van der Waals surface area contributed by atoms with Crippen LogP contribution >= 0.6 is 23.2 Å². The van der Waals surface area contributed by atoms with Crippen LogP contribution in [0.25, 0.3) is 0 Å². The normalized spacial score (nSPS) is 10.8. The lowest BCUT2D eigenvalue weighted by Crippen LogP contribution is -2.10. The van der Waals surface area contributed by atoms with Crippen LogP contribution in [0.5, 0.6) is 5.75 Å². The first-order chi connectivity index (χ1) is 15.0. The van der Waals surface area contributed by atoms with Gasteiger partial charge in [0.25, 0.3) is 5.91 Å². The highest BCUT2D eigenvalue weighted by atomic mass is 35.5. The maximum Gasteiger partial charge on any atom is 0.291 e. The van der Waals surface area contributed by atoms with Crippen LogP contribution in [0.15, 0.2) is 71.4 Å². The zero-order valence-corrected chi connectivity index (χ0v) is 18.2. The minimum atomic E-state index is -0.377. The van der Waals surface area contributed by atoms with Crippen molar-refractivity contribution >= 4 is 34.8 Å². The largest absolute Gasteiger partial charge is 0.485 e. The van der Waals surface area contributed by atoms with Crippen molar-refractivity contribution in [1.82, 2.24) is 9.78 Å². The van der Waals surface area contributed by atoms with E-state index in [2.05, 4.69) is 10.4 Å². The van der Waals surface area contributed by atoms with E-state index in [-0.39, 0.29) is 18.3 Å². The Kier molecular flexibility index (Phi) is 6.30. The fourth-order valence-corrected chi connectivity index (χ4v) is 3.51. The van der Waals surface area contributed by atoms with Crippen molar-refractivity contribution in [1.29, 1.82) is 0 Å². The summed E-state index contributed by atoms with van der Waals surface area (Å²) in [6, 6.07) is 16.4. The molecule has 1 N–H and O–H groups in total. The molecule has 158 valence electrons.